The Morgan fingerprint density at radius 1 is 1.15 bits per heavy atom. The summed E-state index contributed by atoms with van der Waals surface area (Å²) >= 11 is 0. The highest BCUT2D eigenvalue weighted by atomic mass is 19.1. The SMILES string of the molecule is Cn1nc(C(=O)N2CCOCC2)c2c1CN(C(=O)c1ccncc1F)C2. The topological polar surface area (TPSA) is 80.6 Å². The van der Waals surface area contributed by atoms with Crippen molar-refractivity contribution in [1.82, 2.24) is 24.6 Å². The van der Waals surface area contributed by atoms with Crippen molar-refractivity contribution in [1.29, 1.82) is 0 Å². The Morgan fingerprint density at radius 2 is 1.92 bits per heavy atom. The van der Waals surface area contributed by atoms with Crippen molar-refractivity contribution in [3.05, 3.63) is 46.8 Å². The van der Waals surface area contributed by atoms with Crippen molar-refractivity contribution in [2.75, 3.05) is 26.3 Å². The van der Waals surface area contributed by atoms with Crippen LogP contribution in [0.2, 0.25) is 0 Å². The lowest BCUT2D eigenvalue weighted by Gasteiger charge is -2.26. The maximum absolute atomic E-state index is 13.9. The molecule has 0 unspecified atom stereocenters. The van der Waals surface area contributed by atoms with E-state index < -0.39 is 11.7 Å². The third-order valence-corrected chi connectivity index (χ3v) is 4.76. The Hall–Kier alpha value is -2.81. The zero-order valence-corrected chi connectivity index (χ0v) is 14.3. The molecule has 0 atom stereocenters. The van der Waals surface area contributed by atoms with Crippen LogP contribution in [0.3, 0.4) is 0 Å². The Balaban J connectivity index is 1.58. The molecule has 0 spiro atoms. The molecular weight excluding hydrogens is 341 g/mol. The van der Waals surface area contributed by atoms with E-state index in [1.807, 2.05) is 0 Å². The second-order valence-corrected chi connectivity index (χ2v) is 6.32. The van der Waals surface area contributed by atoms with Crippen molar-refractivity contribution in [2.24, 2.45) is 7.05 Å². The number of halogens is 1. The zero-order valence-electron chi connectivity index (χ0n) is 14.3. The maximum atomic E-state index is 13.9. The summed E-state index contributed by atoms with van der Waals surface area (Å²) < 4.78 is 20.8. The van der Waals surface area contributed by atoms with Crippen LogP contribution in [0.15, 0.2) is 18.5 Å². The molecule has 2 aromatic heterocycles. The van der Waals surface area contributed by atoms with Gasteiger partial charge >= 0.3 is 0 Å². The molecule has 9 heteroatoms. The van der Waals surface area contributed by atoms with Gasteiger partial charge in [0, 0.05) is 31.9 Å². The van der Waals surface area contributed by atoms with E-state index in [9.17, 15) is 14.0 Å². The largest absolute Gasteiger partial charge is 0.378 e. The van der Waals surface area contributed by atoms with Crippen molar-refractivity contribution in [3.63, 3.8) is 0 Å². The molecule has 2 amide bonds. The number of ether oxygens (including phenoxy) is 1. The Labute approximate surface area is 149 Å². The monoisotopic (exact) mass is 359 g/mol. The lowest BCUT2D eigenvalue weighted by atomic mass is 10.2. The van der Waals surface area contributed by atoms with E-state index in [1.54, 1.807) is 16.6 Å². The number of amides is 2. The standard InChI is InChI=1S/C17H18FN5O3/c1-21-14-10-23(16(24)11-2-3-19-8-13(11)18)9-12(14)15(20-21)17(25)22-4-6-26-7-5-22/h2-3,8H,4-7,9-10H2,1H3. The highest BCUT2D eigenvalue weighted by Crippen LogP contribution is 2.28. The molecule has 0 N–H and O–H groups in total. The molecule has 2 aliphatic heterocycles. The van der Waals surface area contributed by atoms with E-state index in [1.165, 1.54) is 17.2 Å². The number of rotatable bonds is 2. The smallest absolute Gasteiger partial charge is 0.274 e. The Bertz CT molecular complexity index is 875. The van der Waals surface area contributed by atoms with Gasteiger partial charge in [-0.05, 0) is 6.07 Å². The summed E-state index contributed by atoms with van der Waals surface area (Å²) in [6.07, 6.45) is 2.40. The van der Waals surface area contributed by atoms with Crippen molar-refractivity contribution in [2.45, 2.75) is 13.1 Å². The second kappa shape index (κ2) is 6.49. The summed E-state index contributed by atoms with van der Waals surface area (Å²) in [7, 11) is 1.75. The molecule has 8 nitrogen and oxygen atoms in total. The summed E-state index contributed by atoms with van der Waals surface area (Å²) in [6, 6.07) is 1.36. The minimum Gasteiger partial charge on any atom is -0.378 e. The van der Waals surface area contributed by atoms with Gasteiger partial charge in [0.05, 0.1) is 43.8 Å². The van der Waals surface area contributed by atoms with Crippen LogP contribution < -0.4 is 0 Å². The van der Waals surface area contributed by atoms with Gasteiger partial charge in [-0.25, -0.2) is 4.39 Å². The van der Waals surface area contributed by atoms with Crippen LogP contribution in [0.4, 0.5) is 4.39 Å². The van der Waals surface area contributed by atoms with Crippen LogP contribution in [-0.2, 0) is 24.9 Å². The van der Waals surface area contributed by atoms with Gasteiger partial charge in [-0.2, -0.15) is 5.10 Å². The predicted molar refractivity (Wildman–Crippen MR) is 87.7 cm³/mol. The van der Waals surface area contributed by atoms with E-state index in [-0.39, 0.29) is 24.6 Å². The fraction of sp³-hybridized carbons (Fsp3) is 0.412. The number of carbonyl (C=O) groups excluding carboxylic acids is 2. The second-order valence-electron chi connectivity index (χ2n) is 6.32. The van der Waals surface area contributed by atoms with E-state index in [0.29, 0.717) is 32.0 Å². The first kappa shape index (κ1) is 16.6. The highest BCUT2D eigenvalue weighted by molar-refractivity contribution is 5.97. The van der Waals surface area contributed by atoms with Crippen LogP contribution >= 0.6 is 0 Å². The van der Waals surface area contributed by atoms with E-state index >= 15 is 0 Å². The van der Waals surface area contributed by atoms with E-state index in [4.69, 9.17) is 4.74 Å². The lowest BCUT2D eigenvalue weighted by Crippen LogP contribution is -2.41. The third kappa shape index (κ3) is 2.74. The number of pyridine rings is 1. The predicted octanol–water partition coefficient (Wildman–Crippen LogP) is 0.583. The summed E-state index contributed by atoms with van der Waals surface area (Å²) in [5, 5.41) is 4.35. The first-order valence-electron chi connectivity index (χ1n) is 8.37. The van der Waals surface area contributed by atoms with Gasteiger partial charge in [-0.3, -0.25) is 19.3 Å². The van der Waals surface area contributed by atoms with Crippen LogP contribution in [0.25, 0.3) is 0 Å². The quantitative estimate of drug-likeness (QED) is 0.784. The van der Waals surface area contributed by atoms with Gasteiger partial charge in [0.15, 0.2) is 11.5 Å². The molecule has 0 radical (unpaired) electrons. The fourth-order valence-electron chi connectivity index (χ4n) is 3.34. The van der Waals surface area contributed by atoms with Gasteiger partial charge in [-0.15, -0.1) is 0 Å². The molecule has 0 saturated carbocycles. The number of nitrogens with zero attached hydrogens (tertiary/aromatic N) is 5. The van der Waals surface area contributed by atoms with Crippen molar-refractivity contribution >= 4 is 11.8 Å². The molecule has 1 saturated heterocycles. The van der Waals surface area contributed by atoms with Gasteiger partial charge in [0.25, 0.3) is 11.8 Å². The summed E-state index contributed by atoms with van der Waals surface area (Å²) in [5.74, 6) is -1.24. The molecule has 2 aliphatic rings. The van der Waals surface area contributed by atoms with Gasteiger partial charge in [0.1, 0.15) is 0 Å². The first-order valence-corrected chi connectivity index (χ1v) is 8.37. The molecule has 4 heterocycles. The van der Waals surface area contributed by atoms with Crippen molar-refractivity contribution in [3.8, 4) is 0 Å². The van der Waals surface area contributed by atoms with E-state index in [2.05, 4.69) is 10.1 Å². The van der Waals surface area contributed by atoms with E-state index in [0.717, 1.165) is 17.5 Å². The summed E-state index contributed by atoms with van der Waals surface area (Å²) in [5.41, 5.74) is 1.85. The minimum atomic E-state index is -0.656. The fourth-order valence-corrected chi connectivity index (χ4v) is 3.34. The maximum Gasteiger partial charge on any atom is 0.274 e. The third-order valence-electron chi connectivity index (χ3n) is 4.76. The number of hydrogen-bond acceptors (Lipinski definition) is 5. The number of carbonyl (C=O) groups is 2. The average molecular weight is 359 g/mol. The molecule has 136 valence electrons. The van der Waals surface area contributed by atoms with Crippen LogP contribution in [0, 0.1) is 5.82 Å². The number of aromatic nitrogens is 3. The summed E-state index contributed by atoms with van der Waals surface area (Å²) in [4.78, 5) is 32.3. The van der Waals surface area contributed by atoms with Gasteiger partial charge in [0.2, 0.25) is 0 Å². The molecule has 0 bridgehead atoms. The zero-order chi connectivity index (χ0) is 18.3. The van der Waals surface area contributed by atoms with Crippen LogP contribution in [0.5, 0.6) is 0 Å². The molecule has 26 heavy (non-hydrogen) atoms. The Morgan fingerprint density at radius 3 is 2.65 bits per heavy atom. The normalized spacial score (nSPS) is 16.7. The van der Waals surface area contributed by atoms with Crippen molar-refractivity contribution < 1.29 is 18.7 Å². The molecule has 0 aliphatic carbocycles. The number of aryl methyl sites for hydroxylation is 1. The van der Waals surface area contributed by atoms with Gasteiger partial charge in [-0.1, -0.05) is 0 Å². The Kier molecular flexibility index (Phi) is 4.15. The number of fused-ring (bicyclic) bond motifs is 1. The molecular formula is C17H18FN5O3. The molecule has 1 fully saturated rings. The average Bonchev–Trinajstić information content (AvgIpc) is 3.22. The molecule has 4 rings (SSSR count). The highest BCUT2D eigenvalue weighted by Gasteiger charge is 2.34. The minimum absolute atomic E-state index is 0.0261. The number of morpholine rings is 1. The van der Waals surface area contributed by atoms with Crippen LogP contribution in [0.1, 0.15) is 32.1 Å². The molecule has 2 aromatic rings. The molecule has 0 aromatic carbocycles. The van der Waals surface area contributed by atoms with Crippen LogP contribution in [-0.4, -0.2) is 62.7 Å². The van der Waals surface area contributed by atoms with Gasteiger partial charge < -0.3 is 14.5 Å². The first-order chi connectivity index (χ1) is 12.6. The lowest BCUT2D eigenvalue weighted by molar-refractivity contribution is 0.0297. The summed E-state index contributed by atoms with van der Waals surface area (Å²) in [6.45, 7) is 2.58. The number of hydrogen-bond donors (Lipinski definition) is 0.